The van der Waals surface area contributed by atoms with Crippen molar-refractivity contribution in [2.24, 2.45) is 7.05 Å². The van der Waals surface area contributed by atoms with Gasteiger partial charge in [0, 0.05) is 44.5 Å². The van der Waals surface area contributed by atoms with E-state index >= 15 is 0 Å². The molecule has 0 bridgehead atoms. The van der Waals surface area contributed by atoms with Crippen LogP contribution in [0.25, 0.3) is 22.4 Å². The normalized spacial score (nSPS) is 10.8. The molecule has 0 aliphatic carbocycles. The summed E-state index contributed by atoms with van der Waals surface area (Å²) in [5.41, 5.74) is 4.13. The van der Waals surface area contributed by atoms with E-state index in [9.17, 15) is 0 Å². The first-order valence-electron chi connectivity index (χ1n) is 7.41. The molecule has 3 rings (SSSR count). The molecule has 1 aromatic heterocycles. The molecular formula is C18H21N3O2. The molecule has 5 nitrogen and oxygen atoms in total. The highest BCUT2D eigenvalue weighted by Crippen LogP contribution is 2.34. The van der Waals surface area contributed by atoms with Crippen LogP contribution in [0.3, 0.4) is 0 Å². The summed E-state index contributed by atoms with van der Waals surface area (Å²) < 4.78 is 12.8. The van der Waals surface area contributed by atoms with E-state index < -0.39 is 0 Å². The lowest BCUT2D eigenvalue weighted by atomic mass is 10.2. The van der Waals surface area contributed by atoms with Gasteiger partial charge in [-0.1, -0.05) is 0 Å². The van der Waals surface area contributed by atoms with Gasteiger partial charge < -0.3 is 18.9 Å². The minimum absolute atomic E-state index is 0.688. The fraction of sp³-hybridized carbons (Fsp3) is 0.278. The molecule has 120 valence electrons. The molecule has 0 aliphatic rings. The number of fused-ring (bicyclic) bond motifs is 1. The number of imidazole rings is 1. The molecule has 2 aromatic carbocycles. The van der Waals surface area contributed by atoms with Crippen molar-refractivity contribution in [1.29, 1.82) is 0 Å². The van der Waals surface area contributed by atoms with Gasteiger partial charge in [-0.3, -0.25) is 0 Å². The Morgan fingerprint density at radius 2 is 1.57 bits per heavy atom. The summed E-state index contributed by atoms with van der Waals surface area (Å²) in [6.07, 6.45) is 0. The molecule has 1 heterocycles. The highest BCUT2D eigenvalue weighted by Gasteiger charge is 2.14. The number of rotatable bonds is 4. The summed E-state index contributed by atoms with van der Waals surface area (Å²) in [6, 6.07) is 12.2. The van der Waals surface area contributed by atoms with Crippen molar-refractivity contribution in [3.63, 3.8) is 0 Å². The van der Waals surface area contributed by atoms with Crippen LogP contribution >= 0.6 is 0 Å². The summed E-state index contributed by atoms with van der Waals surface area (Å²) in [5, 5.41) is 0. The van der Waals surface area contributed by atoms with Crippen molar-refractivity contribution in [2.75, 3.05) is 33.2 Å². The van der Waals surface area contributed by atoms with Gasteiger partial charge in [-0.05, 0) is 24.3 Å². The summed E-state index contributed by atoms with van der Waals surface area (Å²) in [7, 11) is 9.34. The molecule has 0 fully saturated rings. The van der Waals surface area contributed by atoms with Gasteiger partial charge in [-0.25, -0.2) is 4.98 Å². The Labute approximate surface area is 136 Å². The van der Waals surface area contributed by atoms with Crippen LogP contribution in [-0.2, 0) is 7.05 Å². The SMILES string of the molecule is COc1cc2nc(-c3ccc(N(C)C)cc3)n(C)c2cc1OC. The molecule has 0 N–H and O–H groups in total. The second-order valence-corrected chi connectivity index (χ2v) is 5.63. The van der Waals surface area contributed by atoms with Crippen molar-refractivity contribution in [3.05, 3.63) is 36.4 Å². The lowest BCUT2D eigenvalue weighted by Gasteiger charge is -2.12. The number of nitrogens with zero attached hydrogens (tertiary/aromatic N) is 3. The number of anilines is 1. The van der Waals surface area contributed by atoms with Crippen LogP contribution in [0, 0.1) is 0 Å². The van der Waals surface area contributed by atoms with Gasteiger partial charge in [0.05, 0.1) is 25.3 Å². The van der Waals surface area contributed by atoms with Crippen LogP contribution in [0.4, 0.5) is 5.69 Å². The average Bonchev–Trinajstić information content (AvgIpc) is 2.89. The van der Waals surface area contributed by atoms with E-state index in [1.807, 2.05) is 33.3 Å². The second-order valence-electron chi connectivity index (χ2n) is 5.63. The van der Waals surface area contributed by atoms with Crippen molar-refractivity contribution in [3.8, 4) is 22.9 Å². The first-order valence-corrected chi connectivity index (χ1v) is 7.41. The number of ether oxygens (including phenoxy) is 2. The van der Waals surface area contributed by atoms with Crippen molar-refractivity contribution >= 4 is 16.7 Å². The standard InChI is InChI=1S/C18H21N3O2/c1-20(2)13-8-6-12(7-9-13)18-19-14-10-16(22-4)17(23-5)11-15(14)21(18)3/h6-11H,1-5H3. The van der Waals surface area contributed by atoms with Crippen LogP contribution in [0.5, 0.6) is 11.5 Å². The molecule has 0 spiro atoms. The number of hydrogen-bond acceptors (Lipinski definition) is 4. The third-order valence-corrected chi connectivity index (χ3v) is 4.03. The van der Waals surface area contributed by atoms with Crippen molar-refractivity contribution in [2.45, 2.75) is 0 Å². The zero-order valence-corrected chi connectivity index (χ0v) is 14.1. The number of methoxy groups -OCH3 is 2. The van der Waals surface area contributed by atoms with Crippen LogP contribution < -0.4 is 14.4 Å². The molecule has 0 unspecified atom stereocenters. The number of hydrogen-bond donors (Lipinski definition) is 0. The Balaban J connectivity index is 2.13. The Hall–Kier alpha value is -2.69. The van der Waals surface area contributed by atoms with E-state index in [2.05, 4.69) is 33.7 Å². The number of aromatic nitrogens is 2. The highest BCUT2D eigenvalue weighted by atomic mass is 16.5. The molecule has 3 aromatic rings. The zero-order chi connectivity index (χ0) is 16.6. The van der Waals surface area contributed by atoms with Gasteiger partial charge in [0.1, 0.15) is 5.82 Å². The minimum atomic E-state index is 0.688. The molecule has 0 saturated heterocycles. The predicted molar refractivity (Wildman–Crippen MR) is 93.6 cm³/mol. The van der Waals surface area contributed by atoms with Crippen molar-refractivity contribution in [1.82, 2.24) is 9.55 Å². The van der Waals surface area contributed by atoms with E-state index in [0.29, 0.717) is 11.5 Å². The predicted octanol–water partition coefficient (Wildman–Crippen LogP) is 3.32. The topological polar surface area (TPSA) is 39.5 Å². The van der Waals surface area contributed by atoms with E-state index in [4.69, 9.17) is 14.5 Å². The van der Waals surface area contributed by atoms with Gasteiger partial charge >= 0.3 is 0 Å². The monoisotopic (exact) mass is 311 g/mol. The van der Waals surface area contributed by atoms with Crippen LogP contribution in [0.1, 0.15) is 0 Å². The second kappa shape index (κ2) is 5.83. The maximum atomic E-state index is 5.38. The van der Waals surface area contributed by atoms with E-state index in [-0.39, 0.29) is 0 Å². The van der Waals surface area contributed by atoms with Gasteiger partial charge in [-0.15, -0.1) is 0 Å². The van der Waals surface area contributed by atoms with Crippen molar-refractivity contribution < 1.29 is 9.47 Å². The maximum absolute atomic E-state index is 5.38. The summed E-state index contributed by atoms with van der Waals surface area (Å²) in [5.74, 6) is 2.31. The first kappa shape index (κ1) is 15.2. The number of benzene rings is 2. The molecule has 0 amide bonds. The molecule has 0 radical (unpaired) electrons. The van der Waals surface area contributed by atoms with E-state index in [1.54, 1.807) is 14.2 Å². The quantitative estimate of drug-likeness (QED) is 0.741. The Bertz CT molecular complexity index is 836. The molecule has 23 heavy (non-hydrogen) atoms. The Kier molecular flexibility index (Phi) is 3.86. The van der Waals surface area contributed by atoms with Gasteiger partial charge in [0.15, 0.2) is 11.5 Å². The molecule has 0 aliphatic heterocycles. The highest BCUT2D eigenvalue weighted by molar-refractivity contribution is 5.84. The summed E-state index contributed by atoms with van der Waals surface area (Å²) >= 11 is 0. The fourth-order valence-corrected chi connectivity index (χ4v) is 2.69. The van der Waals surface area contributed by atoms with Crippen LogP contribution in [-0.4, -0.2) is 37.9 Å². The summed E-state index contributed by atoms with van der Waals surface area (Å²) in [4.78, 5) is 6.83. The van der Waals surface area contributed by atoms with E-state index in [1.165, 1.54) is 0 Å². The molecule has 0 saturated carbocycles. The van der Waals surface area contributed by atoms with Gasteiger partial charge in [0.25, 0.3) is 0 Å². The van der Waals surface area contributed by atoms with E-state index in [0.717, 1.165) is 28.1 Å². The molecule has 0 atom stereocenters. The number of aryl methyl sites for hydroxylation is 1. The average molecular weight is 311 g/mol. The first-order chi connectivity index (χ1) is 11.0. The van der Waals surface area contributed by atoms with Gasteiger partial charge in [-0.2, -0.15) is 0 Å². The smallest absolute Gasteiger partial charge is 0.163 e. The summed E-state index contributed by atoms with van der Waals surface area (Å²) in [6.45, 7) is 0. The zero-order valence-electron chi connectivity index (χ0n) is 14.1. The minimum Gasteiger partial charge on any atom is -0.493 e. The lowest BCUT2D eigenvalue weighted by molar-refractivity contribution is 0.355. The third kappa shape index (κ3) is 2.59. The largest absolute Gasteiger partial charge is 0.493 e. The molecular weight excluding hydrogens is 290 g/mol. The van der Waals surface area contributed by atoms with Crippen LogP contribution in [0.15, 0.2) is 36.4 Å². The third-order valence-electron chi connectivity index (χ3n) is 4.03. The molecule has 5 heteroatoms. The van der Waals surface area contributed by atoms with Gasteiger partial charge in [0.2, 0.25) is 0 Å². The van der Waals surface area contributed by atoms with Crippen LogP contribution in [0.2, 0.25) is 0 Å². The Morgan fingerprint density at radius 3 is 2.13 bits per heavy atom. The Morgan fingerprint density at radius 1 is 0.957 bits per heavy atom. The fourth-order valence-electron chi connectivity index (χ4n) is 2.69. The maximum Gasteiger partial charge on any atom is 0.163 e. The lowest BCUT2D eigenvalue weighted by Crippen LogP contribution is -2.08.